The van der Waals surface area contributed by atoms with Crippen molar-refractivity contribution in [2.24, 2.45) is 0 Å². The van der Waals surface area contributed by atoms with Crippen LogP contribution in [0.1, 0.15) is 0 Å². The Morgan fingerprint density at radius 3 is 2.17 bits per heavy atom. The first-order valence-corrected chi connectivity index (χ1v) is 4.29. The molecule has 0 aliphatic rings. The van der Waals surface area contributed by atoms with Crippen molar-refractivity contribution in [1.82, 2.24) is 0 Å². The summed E-state index contributed by atoms with van der Waals surface area (Å²) in [5.74, 6) is 0. The van der Waals surface area contributed by atoms with Crippen molar-refractivity contribution in [3.8, 4) is 0 Å². The SMILES string of the molecule is O=P(O)(O)OCC(COO)OO. The third-order valence-electron chi connectivity index (χ3n) is 0.838. The predicted octanol–water partition coefficient (Wildman–Crippen LogP) is -0.556. The van der Waals surface area contributed by atoms with Gasteiger partial charge in [-0.25, -0.2) is 14.3 Å². The molecule has 0 rings (SSSR count). The normalized spacial score (nSPS) is 14.7. The molecule has 8 nitrogen and oxygen atoms in total. The highest BCUT2D eigenvalue weighted by Gasteiger charge is 2.19. The van der Waals surface area contributed by atoms with Crippen LogP contribution in [-0.2, 0) is 18.9 Å². The minimum absolute atomic E-state index is 0.462. The predicted molar refractivity (Wildman–Crippen MR) is 34.1 cm³/mol. The Labute approximate surface area is 67.4 Å². The van der Waals surface area contributed by atoms with Crippen LogP contribution in [0, 0.1) is 0 Å². The smallest absolute Gasteiger partial charge is 0.303 e. The minimum Gasteiger partial charge on any atom is -0.303 e. The van der Waals surface area contributed by atoms with Gasteiger partial charge in [0.05, 0.1) is 6.61 Å². The monoisotopic (exact) mass is 204 g/mol. The fraction of sp³-hybridized carbons (Fsp3) is 1.00. The van der Waals surface area contributed by atoms with Crippen LogP contribution in [0.5, 0.6) is 0 Å². The molecule has 9 heteroatoms. The highest BCUT2D eigenvalue weighted by atomic mass is 31.2. The van der Waals surface area contributed by atoms with Gasteiger partial charge in [0.15, 0.2) is 0 Å². The highest BCUT2D eigenvalue weighted by molar-refractivity contribution is 7.46. The van der Waals surface area contributed by atoms with Gasteiger partial charge in [0, 0.05) is 0 Å². The van der Waals surface area contributed by atoms with E-state index < -0.39 is 27.1 Å². The fourth-order valence-electron chi connectivity index (χ4n) is 0.372. The van der Waals surface area contributed by atoms with Gasteiger partial charge in [-0.15, -0.1) is 0 Å². The van der Waals surface area contributed by atoms with E-state index in [9.17, 15) is 4.57 Å². The minimum atomic E-state index is -4.58. The van der Waals surface area contributed by atoms with E-state index in [0.29, 0.717) is 0 Å². The van der Waals surface area contributed by atoms with E-state index in [1.807, 2.05) is 0 Å². The Morgan fingerprint density at radius 2 is 1.83 bits per heavy atom. The Kier molecular flexibility index (Phi) is 5.55. The van der Waals surface area contributed by atoms with E-state index in [1.165, 1.54) is 0 Å². The summed E-state index contributed by atoms with van der Waals surface area (Å²) >= 11 is 0. The summed E-state index contributed by atoms with van der Waals surface area (Å²) in [6.45, 7) is -1.06. The lowest BCUT2D eigenvalue weighted by molar-refractivity contribution is -0.329. The Bertz CT molecular complexity index is 152. The summed E-state index contributed by atoms with van der Waals surface area (Å²) in [4.78, 5) is 23.5. The highest BCUT2D eigenvalue weighted by Crippen LogP contribution is 2.35. The second-order valence-electron chi connectivity index (χ2n) is 1.81. The van der Waals surface area contributed by atoms with Gasteiger partial charge in [0.2, 0.25) is 0 Å². The molecule has 0 fully saturated rings. The summed E-state index contributed by atoms with van der Waals surface area (Å²) in [6, 6.07) is 0. The number of rotatable bonds is 6. The molecule has 12 heavy (non-hydrogen) atoms. The van der Waals surface area contributed by atoms with Crippen LogP contribution in [0.4, 0.5) is 0 Å². The molecule has 0 aromatic heterocycles. The maximum absolute atomic E-state index is 10.1. The second-order valence-corrected chi connectivity index (χ2v) is 3.05. The van der Waals surface area contributed by atoms with Crippen LogP contribution in [0.3, 0.4) is 0 Å². The maximum atomic E-state index is 10.1. The molecular formula is C3H9O8P. The lowest BCUT2D eigenvalue weighted by Crippen LogP contribution is -2.23. The summed E-state index contributed by atoms with van der Waals surface area (Å²) in [6.07, 6.45) is -1.15. The molecule has 0 amide bonds. The van der Waals surface area contributed by atoms with Crippen LogP contribution < -0.4 is 0 Å². The zero-order valence-electron chi connectivity index (χ0n) is 5.86. The molecule has 0 aliphatic heterocycles. The van der Waals surface area contributed by atoms with E-state index in [0.717, 1.165) is 0 Å². The first kappa shape index (κ1) is 11.9. The van der Waals surface area contributed by atoms with Crippen LogP contribution in [0.15, 0.2) is 0 Å². The molecule has 0 bridgehead atoms. The number of phosphoric ester groups is 1. The molecule has 0 saturated heterocycles. The first-order chi connectivity index (χ1) is 5.49. The Balaban J connectivity index is 3.65. The van der Waals surface area contributed by atoms with Crippen LogP contribution in [0.2, 0.25) is 0 Å². The molecule has 4 N–H and O–H groups in total. The van der Waals surface area contributed by atoms with Gasteiger partial charge in [-0.3, -0.25) is 15.0 Å². The van der Waals surface area contributed by atoms with Gasteiger partial charge in [-0.05, 0) is 0 Å². The Hall–Kier alpha value is -0.0500. The first-order valence-electron chi connectivity index (χ1n) is 2.76. The lowest BCUT2D eigenvalue weighted by Gasteiger charge is -2.11. The zero-order valence-corrected chi connectivity index (χ0v) is 6.76. The molecule has 0 heterocycles. The molecule has 0 radical (unpaired) electrons. The number of hydrogen-bond acceptors (Lipinski definition) is 6. The molecule has 1 unspecified atom stereocenters. The van der Waals surface area contributed by atoms with Gasteiger partial charge in [0.1, 0.15) is 12.7 Å². The molecule has 1 atom stereocenters. The molecular weight excluding hydrogens is 195 g/mol. The van der Waals surface area contributed by atoms with E-state index in [2.05, 4.69) is 14.3 Å². The van der Waals surface area contributed by atoms with Gasteiger partial charge >= 0.3 is 7.82 Å². The average Bonchev–Trinajstić information content (AvgIpc) is 1.96. The van der Waals surface area contributed by atoms with Crippen LogP contribution in [-0.4, -0.2) is 39.6 Å². The maximum Gasteiger partial charge on any atom is 0.469 e. The van der Waals surface area contributed by atoms with Crippen molar-refractivity contribution < 1.29 is 39.2 Å². The summed E-state index contributed by atoms with van der Waals surface area (Å²) in [5.41, 5.74) is 0. The largest absolute Gasteiger partial charge is 0.469 e. The molecule has 0 saturated carbocycles. The van der Waals surface area contributed by atoms with Gasteiger partial charge in [0.25, 0.3) is 0 Å². The third-order valence-corrected chi connectivity index (χ3v) is 1.32. The number of phosphoric acid groups is 1. The molecule has 0 spiro atoms. The van der Waals surface area contributed by atoms with Gasteiger partial charge < -0.3 is 9.79 Å². The van der Waals surface area contributed by atoms with Crippen molar-refractivity contribution in [2.75, 3.05) is 13.2 Å². The summed E-state index contributed by atoms with van der Waals surface area (Å²) in [5, 5.41) is 15.9. The summed E-state index contributed by atoms with van der Waals surface area (Å²) in [7, 11) is -4.58. The average molecular weight is 204 g/mol. The topological polar surface area (TPSA) is 126 Å². The number of hydrogen-bond donors (Lipinski definition) is 4. The second kappa shape index (κ2) is 5.57. The van der Waals surface area contributed by atoms with E-state index >= 15 is 0 Å². The van der Waals surface area contributed by atoms with Crippen molar-refractivity contribution in [2.45, 2.75) is 6.10 Å². The lowest BCUT2D eigenvalue weighted by atomic mass is 10.4. The van der Waals surface area contributed by atoms with Crippen molar-refractivity contribution in [1.29, 1.82) is 0 Å². The molecule has 0 aromatic carbocycles. The molecule has 0 aliphatic carbocycles. The van der Waals surface area contributed by atoms with E-state index in [-0.39, 0.29) is 0 Å². The fourth-order valence-corrected chi connectivity index (χ4v) is 0.733. The van der Waals surface area contributed by atoms with E-state index in [1.54, 1.807) is 0 Å². The van der Waals surface area contributed by atoms with E-state index in [4.69, 9.17) is 20.3 Å². The van der Waals surface area contributed by atoms with Gasteiger partial charge in [-0.1, -0.05) is 0 Å². The van der Waals surface area contributed by atoms with Crippen LogP contribution >= 0.6 is 7.82 Å². The van der Waals surface area contributed by atoms with Gasteiger partial charge in [-0.2, -0.15) is 0 Å². The van der Waals surface area contributed by atoms with Crippen molar-refractivity contribution in [3.05, 3.63) is 0 Å². The standard InChI is InChI=1S/C3H9O8P/c4-9-1-3(11-5)2-10-12(6,7)8/h3-5H,1-2H2,(H2,6,7,8). The molecule has 0 aromatic rings. The quantitative estimate of drug-likeness (QED) is 0.258. The Morgan fingerprint density at radius 1 is 1.25 bits per heavy atom. The summed E-state index contributed by atoms with van der Waals surface area (Å²) < 4.78 is 14.0. The van der Waals surface area contributed by atoms with Crippen molar-refractivity contribution >= 4 is 7.82 Å². The molecule has 74 valence electrons. The van der Waals surface area contributed by atoms with Crippen LogP contribution in [0.25, 0.3) is 0 Å². The third kappa shape index (κ3) is 6.65. The van der Waals surface area contributed by atoms with Crippen molar-refractivity contribution in [3.63, 3.8) is 0 Å². The zero-order chi connectivity index (χ0) is 9.61.